The minimum absolute atomic E-state index is 0.0883. The number of carbonyl (C=O) groups excluding carboxylic acids is 4. The minimum Gasteiger partial charge on any atom is -0.508 e. The van der Waals surface area contributed by atoms with Gasteiger partial charge in [0.15, 0.2) is 6.04 Å². The maximum atomic E-state index is 13.4. The predicted molar refractivity (Wildman–Crippen MR) is 136 cm³/mol. The molecule has 9 nitrogen and oxygen atoms in total. The Morgan fingerprint density at radius 1 is 0.944 bits per heavy atom. The molecule has 2 aromatic carbocycles. The number of hydrogen-bond donors (Lipinski definition) is 3. The topological polar surface area (TPSA) is 119 Å². The molecule has 4 amide bonds. The SMILES string of the molecule is CN1C(=O)C(NC(=O)[C@H](Cc2ccc(O)cc2)NC(=O)CC2CCCC2)C(=O)N(C)c2ccccc21. The number of para-hydroxylation sites is 2. The Kier molecular flexibility index (Phi) is 7.57. The third-order valence-corrected chi connectivity index (χ3v) is 7.02. The maximum Gasteiger partial charge on any atom is 0.259 e. The summed E-state index contributed by atoms with van der Waals surface area (Å²) >= 11 is 0. The summed E-state index contributed by atoms with van der Waals surface area (Å²) in [4.78, 5) is 55.4. The van der Waals surface area contributed by atoms with Crippen LogP contribution in [-0.4, -0.2) is 54.9 Å². The molecule has 2 aromatic rings. The highest BCUT2D eigenvalue weighted by molar-refractivity contribution is 6.21. The van der Waals surface area contributed by atoms with Crippen molar-refractivity contribution in [3.8, 4) is 5.75 Å². The van der Waals surface area contributed by atoms with Crippen molar-refractivity contribution in [3.05, 3.63) is 54.1 Å². The van der Waals surface area contributed by atoms with Crippen molar-refractivity contribution in [1.29, 1.82) is 0 Å². The van der Waals surface area contributed by atoms with Crippen LogP contribution in [0.3, 0.4) is 0 Å². The second kappa shape index (κ2) is 10.8. The summed E-state index contributed by atoms with van der Waals surface area (Å²) in [5, 5.41) is 15.0. The van der Waals surface area contributed by atoms with Crippen molar-refractivity contribution < 1.29 is 24.3 Å². The van der Waals surface area contributed by atoms with Crippen LogP contribution in [0.2, 0.25) is 0 Å². The molecular weight excluding hydrogens is 460 g/mol. The summed E-state index contributed by atoms with van der Waals surface area (Å²) in [7, 11) is 3.12. The largest absolute Gasteiger partial charge is 0.508 e. The molecule has 1 aliphatic heterocycles. The average molecular weight is 493 g/mol. The van der Waals surface area contributed by atoms with Crippen LogP contribution < -0.4 is 20.4 Å². The molecule has 1 atom stereocenters. The molecule has 0 radical (unpaired) electrons. The Hall–Kier alpha value is -3.88. The van der Waals surface area contributed by atoms with Crippen molar-refractivity contribution in [3.63, 3.8) is 0 Å². The lowest BCUT2D eigenvalue weighted by Crippen LogP contribution is -2.58. The van der Waals surface area contributed by atoms with Crippen LogP contribution in [0.1, 0.15) is 37.7 Å². The number of phenolic OH excluding ortho intramolecular Hbond substituents is 1. The number of amides is 4. The Balaban J connectivity index is 1.54. The molecule has 190 valence electrons. The Morgan fingerprint density at radius 3 is 2.06 bits per heavy atom. The van der Waals surface area contributed by atoms with Gasteiger partial charge in [0.2, 0.25) is 11.8 Å². The van der Waals surface area contributed by atoms with Crippen LogP contribution in [-0.2, 0) is 25.6 Å². The maximum absolute atomic E-state index is 13.4. The fourth-order valence-corrected chi connectivity index (χ4v) is 4.94. The van der Waals surface area contributed by atoms with Crippen LogP contribution in [0.4, 0.5) is 11.4 Å². The van der Waals surface area contributed by atoms with Gasteiger partial charge in [-0.05, 0) is 48.6 Å². The molecule has 36 heavy (non-hydrogen) atoms. The van der Waals surface area contributed by atoms with Gasteiger partial charge >= 0.3 is 0 Å². The van der Waals surface area contributed by atoms with E-state index < -0.39 is 29.8 Å². The van der Waals surface area contributed by atoms with Gasteiger partial charge in [0.05, 0.1) is 11.4 Å². The molecule has 9 heteroatoms. The van der Waals surface area contributed by atoms with Gasteiger partial charge in [0, 0.05) is 26.9 Å². The summed E-state index contributed by atoms with van der Waals surface area (Å²) in [6, 6.07) is 10.9. The van der Waals surface area contributed by atoms with E-state index in [0.717, 1.165) is 25.7 Å². The molecule has 0 spiro atoms. The highest BCUT2D eigenvalue weighted by Gasteiger charge is 2.39. The lowest BCUT2D eigenvalue weighted by molar-refractivity contribution is -0.135. The molecule has 0 unspecified atom stereocenters. The van der Waals surface area contributed by atoms with Crippen molar-refractivity contribution in [2.24, 2.45) is 5.92 Å². The average Bonchev–Trinajstić information content (AvgIpc) is 3.37. The number of benzene rings is 2. The second-order valence-corrected chi connectivity index (χ2v) is 9.57. The first-order chi connectivity index (χ1) is 17.2. The zero-order valence-electron chi connectivity index (χ0n) is 20.6. The lowest BCUT2D eigenvalue weighted by Gasteiger charge is -2.24. The third-order valence-electron chi connectivity index (χ3n) is 7.02. The van der Waals surface area contributed by atoms with E-state index in [0.29, 0.717) is 29.3 Å². The fraction of sp³-hybridized carbons (Fsp3) is 0.407. The number of fused-ring (bicyclic) bond motifs is 1. The van der Waals surface area contributed by atoms with Crippen LogP contribution in [0.25, 0.3) is 0 Å². The zero-order chi connectivity index (χ0) is 25.8. The summed E-state index contributed by atoms with van der Waals surface area (Å²) in [6.45, 7) is 0. The van der Waals surface area contributed by atoms with E-state index in [1.54, 1.807) is 50.5 Å². The Labute approximate surface area is 210 Å². The summed E-state index contributed by atoms with van der Waals surface area (Å²) in [5.74, 6) is -1.60. The molecule has 1 saturated carbocycles. The summed E-state index contributed by atoms with van der Waals surface area (Å²) in [5.41, 5.74) is 1.83. The van der Waals surface area contributed by atoms with Crippen molar-refractivity contribution in [2.45, 2.75) is 50.6 Å². The number of phenols is 1. The number of hydrogen-bond acceptors (Lipinski definition) is 5. The molecule has 0 bridgehead atoms. The van der Waals surface area contributed by atoms with Crippen molar-refractivity contribution in [2.75, 3.05) is 23.9 Å². The van der Waals surface area contributed by atoms with Crippen LogP contribution in [0, 0.1) is 5.92 Å². The number of nitrogens with one attached hydrogen (secondary N) is 2. The molecule has 2 aliphatic rings. The molecule has 0 aromatic heterocycles. The van der Waals surface area contributed by atoms with Gasteiger partial charge in [-0.1, -0.05) is 37.1 Å². The third kappa shape index (κ3) is 5.50. The smallest absolute Gasteiger partial charge is 0.259 e. The van der Waals surface area contributed by atoms with Crippen LogP contribution in [0.5, 0.6) is 5.75 Å². The number of carbonyl (C=O) groups is 4. The van der Waals surface area contributed by atoms with Crippen molar-refractivity contribution >= 4 is 35.0 Å². The number of aromatic hydroxyl groups is 1. The second-order valence-electron chi connectivity index (χ2n) is 9.57. The van der Waals surface area contributed by atoms with E-state index >= 15 is 0 Å². The molecule has 1 fully saturated rings. The number of rotatable bonds is 7. The number of likely N-dealkylation sites (N-methyl/N-ethyl adjacent to an activating group) is 2. The van der Waals surface area contributed by atoms with Gasteiger partial charge in [0.1, 0.15) is 11.8 Å². The normalized spacial score (nSPS) is 17.5. The van der Waals surface area contributed by atoms with E-state index in [1.165, 1.54) is 21.9 Å². The Morgan fingerprint density at radius 2 is 1.50 bits per heavy atom. The van der Waals surface area contributed by atoms with Gasteiger partial charge in [-0.3, -0.25) is 19.2 Å². The lowest BCUT2D eigenvalue weighted by atomic mass is 10.0. The van der Waals surface area contributed by atoms with E-state index in [9.17, 15) is 24.3 Å². The van der Waals surface area contributed by atoms with Gasteiger partial charge in [-0.15, -0.1) is 0 Å². The van der Waals surface area contributed by atoms with Crippen LogP contribution >= 0.6 is 0 Å². The zero-order valence-corrected chi connectivity index (χ0v) is 20.6. The van der Waals surface area contributed by atoms with Gasteiger partial charge in [-0.25, -0.2) is 0 Å². The molecule has 1 aliphatic carbocycles. The molecule has 0 saturated heterocycles. The van der Waals surface area contributed by atoms with E-state index in [1.807, 2.05) is 0 Å². The number of nitrogens with zero attached hydrogens (tertiary/aromatic N) is 2. The summed E-state index contributed by atoms with van der Waals surface area (Å²) < 4.78 is 0. The minimum atomic E-state index is -1.44. The molecule has 1 heterocycles. The molecule has 3 N–H and O–H groups in total. The first-order valence-corrected chi connectivity index (χ1v) is 12.3. The number of anilines is 2. The standard InChI is InChI=1S/C27H32N4O5/c1-30-21-9-5-6-10-22(21)31(2)27(36)24(26(30)35)29-25(34)20(15-18-11-13-19(32)14-12-18)28-23(33)16-17-7-3-4-8-17/h5-6,9-14,17,20,24,32H,3-4,7-8,15-16H2,1-2H3,(H,28,33)(H,29,34)/t20-/m0/s1. The quantitative estimate of drug-likeness (QED) is 0.512. The van der Waals surface area contributed by atoms with E-state index in [4.69, 9.17) is 0 Å². The molecule has 4 rings (SSSR count). The Bertz CT molecular complexity index is 1100. The van der Waals surface area contributed by atoms with Crippen LogP contribution in [0.15, 0.2) is 48.5 Å². The van der Waals surface area contributed by atoms with E-state index in [2.05, 4.69) is 10.6 Å². The molecular formula is C27H32N4O5. The van der Waals surface area contributed by atoms with Crippen molar-refractivity contribution in [1.82, 2.24) is 10.6 Å². The van der Waals surface area contributed by atoms with Gasteiger partial charge in [0.25, 0.3) is 11.8 Å². The highest BCUT2D eigenvalue weighted by Crippen LogP contribution is 2.31. The summed E-state index contributed by atoms with van der Waals surface area (Å²) in [6.07, 6.45) is 4.67. The van der Waals surface area contributed by atoms with Gasteiger partial charge in [-0.2, -0.15) is 0 Å². The van der Waals surface area contributed by atoms with Gasteiger partial charge < -0.3 is 25.5 Å². The van der Waals surface area contributed by atoms with E-state index in [-0.39, 0.29) is 18.1 Å². The first kappa shape index (κ1) is 25.2. The first-order valence-electron chi connectivity index (χ1n) is 12.3. The predicted octanol–water partition coefficient (Wildman–Crippen LogP) is 2.12. The highest BCUT2D eigenvalue weighted by atomic mass is 16.3. The monoisotopic (exact) mass is 492 g/mol. The fourth-order valence-electron chi connectivity index (χ4n) is 4.94.